The van der Waals surface area contributed by atoms with E-state index in [4.69, 9.17) is 0 Å². The number of amides is 1. The topological polar surface area (TPSA) is 45.2 Å². The van der Waals surface area contributed by atoms with Crippen LogP contribution in [0.25, 0.3) is 20.7 Å². The van der Waals surface area contributed by atoms with E-state index in [0.29, 0.717) is 12.0 Å². The summed E-state index contributed by atoms with van der Waals surface area (Å²) in [6.45, 7) is 2.44. The van der Waals surface area contributed by atoms with Crippen molar-refractivity contribution in [3.05, 3.63) is 40.7 Å². The predicted octanol–water partition coefficient (Wildman–Crippen LogP) is 4.38. The Kier molecular flexibility index (Phi) is 3.52. The molecule has 7 rings (SSSR count). The summed E-state index contributed by atoms with van der Waals surface area (Å²) in [5.41, 5.74) is 1.41. The predicted molar refractivity (Wildman–Crippen MR) is 110 cm³/mol. The summed E-state index contributed by atoms with van der Waals surface area (Å²) in [5, 5.41) is 7.60. The second kappa shape index (κ2) is 5.87. The van der Waals surface area contributed by atoms with Gasteiger partial charge < -0.3 is 5.32 Å². The van der Waals surface area contributed by atoms with Crippen molar-refractivity contribution in [2.45, 2.75) is 37.3 Å². The zero-order valence-corrected chi connectivity index (χ0v) is 16.6. The molecule has 5 heterocycles. The highest BCUT2D eigenvalue weighted by molar-refractivity contribution is 7.22. The molecule has 1 aliphatic carbocycles. The maximum absolute atomic E-state index is 13.1. The van der Waals surface area contributed by atoms with Crippen LogP contribution in [0.1, 0.15) is 35.4 Å². The summed E-state index contributed by atoms with van der Waals surface area (Å²) in [5.74, 6) is 0.757. The number of piperidine rings is 3. The molecule has 6 heteroatoms. The maximum Gasteiger partial charge on any atom is 0.261 e. The van der Waals surface area contributed by atoms with Crippen LogP contribution in [0.5, 0.6) is 0 Å². The third kappa shape index (κ3) is 2.43. The highest BCUT2D eigenvalue weighted by atomic mass is 32.1. The number of thiophene rings is 1. The van der Waals surface area contributed by atoms with Gasteiger partial charge in [0.25, 0.3) is 5.91 Å². The number of rotatable bonds is 3. The first-order valence-electron chi connectivity index (χ1n) is 9.73. The van der Waals surface area contributed by atoms with Crippen LogP contribution in [0.2, 0.25) is 0 Å². The van der Waals surface area contributed by atoms with E-state index in [0.717, 1.165) is 25.5 Å². The number of thiazole rings is 1. The molecule has 27 heavy (non-hydrogen) atoms. The molecular weight excluding hydrogens is 374 g/mol. The molecule has 4 fully saturated rings. The molecule has 1 atom stereocenters. The molecule has 1 saturated carbocycles. The smallest absolute Gasteiger partial charge is 0.261 e. The van der Waals surface area contributed by atoms with Crippen molar-refractivity contribution in [2.75, 3.05) is 13.1 Å². The van der Waals surface area contributed by atoms with Crippen LogP contribution in [0, 0.1) is 5.92 Å². The Morgan fingerprint density at radius 3 is 2.85 bits per heavy atom. The average Bonchev–Trinajstić information content (AvgIpc) is 3.11. The lowest BCUT2D eigenvalue weighted by atomic mass is 9.77. The fourth-order valence-electron chi connectivity index (χ4n) is 5.23. The fourth-order valence-corrected chi connectivity index (χ4v) is 7.04. The quantitative estimate of drug-likeness (QED) is 0.716. The van der Waals surface area contributed by atoms with Crippen LogP contribution in [-0.4, -0.2) is 40.5 Å². The summed E-state index contributed by atoms with van der Waals surface area (Å²) in [6, 6.07) is 8.63. The highest BCUT2D eigenvalue weighted by Crippen LogP contribution is 2.53. The number of nitrogens with zero attached hydrogens (tertiary/aromatic N) is 2. The molecule has 0 radical (unpaired) electrons. The minimum absolute atomic E-state index is 0.103. The minimum Gasteiger partial charge on any atom is -0.346 e. The Balaban J connectivity index is 1.32. The summed E-state index contributed by atoms with van der Waals surface area (Å²) in [4.78, 5) is 21.1. The monoisotopic (exact) mass is 395 g/mol. The van der Waals surface area contributed by atoms with Gasteiger partial charge in [-0.15, -0.1) is 22.7 Å². The van der Waals surface area contributed by atoms with Gasteiger partial charge in [0.05, 0.1) is 10.9 Å². The van der Waals surface area contributed by atoms with Crippen LogP contribution in [0.4, 0.5) is 0 Å². The van der Waals surface area contributed by atoms with Crippen LogP contribution >= 0.6 is 22.7 Å². The summed E-state index contributed by atoms with van der Waals surface area (Å²) in [7, 11) is 0. The summed E-state index contributed by atoms with van der Waals surface area (Å²) < 4.78 is 1.16. The molecule has 4 aliphatic rings. The zero-order valence-electron chi connectivity index (χ0n) is 15.0. The van der Waals surface area contributed by atoms with E-state index in [1.54, 1.807) is 22.7 Å². The van der Waals surface area contributed by atoms with Gasteiger partial charge in [0.2, 0.25) is 0 Å². The second-order valence-electron chi connectivity index (χ2n) is 8.05. The third-order valence-electron chi connectivity index (χ3n) is 6.70. The van der Waals surface area contributed by atoms with Crippen molar-refractivity contribution in [3.8, 4) is 10.6 Å². The molecule has 1 aromatic carbocycles. The Bertz CT molecular complexity index is 1010. The van der Waals surface area contributed by atoms with E-state index in [-0.39, 0.29) is 11.4 Å². The summed E-state index contributed by atoms with van der Waals surface area (Å²) >= 11 is 3.24. The van der Waals surface area contributed by atoms with Gasteiger partial charge >= 0.3 is 0 Å². The van der Waals surface area contributed by atoms with Gasteiger partial charge in [-0.25, -0.2) is 4.98 Å². The van der Waals surface area contributed by atoms with E-state index in [9.17, 15) is 4.79 Å². The highest BCUT2D eigenvalue weighted by Gasteiger charge is 2.60. The Morgan fingerprint density at radius 1 is 1.26 bits per heavy atom. The normalized spacial score (nSPS) is 27.9. The number of carbonyl (C=O) groups is 1. The molecule has 3 aromatic rings. The van der Waals surface area contributed by atoms with Crippen LogP contribution in [-0.2, 0) is 0 Å². The maximum atomic E-state index is 13.1. The van der Waals surface area contributed by atoms with Crippen molar-refractivity contribution in [1.82, 2.24) is 15.2 Å². The molecule has 2 aromatic heterocycles. The molecular formula is C21H21N3OS2. The zero-order chi connectivity index (χ0) is 18.0. The van der Waals surface area contributed by atoms with E-state index in [2.05, 4.69) is 33.4 Å². The SMILES string of the molecule is O=C(N[C@H]1C2CCN(CC2)C12CC2)c1cc2cccc(-c3nccs3)c2s1. The Labute approximate surface area is 166 Å². The fraction of sp³-hybridized carbons (Fsp3) is 0.429. The van der Waals surface area contributed by atoms with E-state index in [1.807, 2.05) is 17.6 Å². The third-order valence-corrected chi connectivity index (χ3v) is 8.69. The van der Waals surface area contributed by atoms with Gasteiger partial charge in [0.15, 0.2) is 0 Å². The van der Waals surface area contributed by atoms with Gasteiger partial charge in [0.1, 0.15) is 5.01 Å². The molecule has 138 valence electrons. The first kappa shape index (κ1) is 16.2. The van der Waals surface area contributed by atoms with Crippen LogP contribution in [0.15, 0.2) is 35.8 Å². The molecule has 1 spiro atoms. The molecule has 4 nitrogen and oxygen atoms in total. The van der Waals surface area contributed by atoms with Crippen LogP contribution in [0.3, 0.4) is 0 Å². The molecule has 1 amide bonds. The lowest BCUT2D eigenvalue weighted by Crippen LogP contribution is -2.65. The second-order valence-corrected chi connectivity index (χ2v) is 10.00. The Morgan fingerprint density at radius 2 is 2.11 bits per heavy atom. The van der Waals surface area contributed by atoms with Crippen molar-refractivity contribution in [3.63, 3.8) is 0 Å². The van der Waals surface area contributed by atoms with Crippen molar-refractivity contribution in [1.29, 1.82) is 0 Å². The van der Waals surface area contributed by atoms with Crippen molar-refractivity contribution in [2.24, 2.45) is 5.92 Å². The van der Waals surface area contributed by atoms with Gasteiger partial charge in [-0.2, -0.15) is 0 Å². The summed E-state index contributed by atoms with van der Waals surface area (Å²) in [6.07, 6.45) is 6.79. The largest absolute Gasteiger partial charge is 0.346 e. The lowest BCUT2D eigenvalue weighted by Gasteiger charge is -2.52. The van der Waals surface area contributed by atoms with Gasteiger partial charge in [-0.1, -0.05) is 18.2 Å². The first-order chi connectivity index (χ1) is 13.2. The lowest BCUT2D eigenvalue weighted by molar-refractivity contribution is -0.00138. The molecule has 2 bridgehead atoms. The number of aromatic nitrogens is 1. The Hall–Kier alpha value is -1.76. The molecule has 3 aliphatic heterocycles. The van der Waals surface area contributed by atoms with Crippen molar-refractivity contribution >= 4 is 38.7 Å². The molecule has 3 saturated heterocycles. The van der Waals surface area contributed by atoms with Gasteiger partial charge in [0, 0.05) is 27.4 Å². The average molecular weight is 396 g/mol. The molecule has 0 unspecified atom stereocenters. The first-order valence-corrected chi connectivity index (χ1v) is 11.4. The van der Waals surface area contributed by atoms with E-state index in [1.165, 1.54) is 38.8 Å². The van der Waals surface area contributed by atoms with E-state index < -0.39 is 0 Å². The number of fused-ring (bicyclic) bond motifs is 3. The number of carbonyl (C=O) groups excluding carboxylic acids is 1. The number of hydrogen-bond donors (Lipinski definition) is 1. The van der Waals surface area contributed by atoms with Crippen LogP contribution < -0.4 is 5.32 Å². The number of nitrogens with one attached hydrogen (secondary N) is 1. The standard InChI is InChI=1S/C21H21N3OS2/c25-19(23-18-13-4-9-24(10-5-13)21(18)6-7-21)16-12-14-2-1-3-15(17(14)27-16)20-22-8-11-26-20/h1-3,8,11-13,18H,4-7,9-10H2,(H,23,25)/t18-/m0/s1. The van der Waals surface area contributed by atoms with Crippen molar-refractivity contribution < 1.29 is 4.79 Å². The van der Waals surface area contributed by atoms with Gasteiger partial charge in [-0.3, -0.25) is 9.69 Å². The van der Waals surface area contributed by atoms with Gasteiger partial charge in [-0.05, 0) is 56.1 Å². The minimum atomic E-state index is 0.103. The number of benzene rings is 1. The van der Waals surface area contributed by atoms with E-state index >= 15 is 0 Å². The molecule has 1 N–H and O–H groups in total. The number of hydrogen-bond acceptors (Lipinski definition) is 5.